The number of benzene rings is 2. The van der Waals surface area contributed by atoms with E-state index in [-0.39, 0.29) is 5.78 Å². The SMILES string of the molecule is CCCC(=O)c1ccc(SCc2cc(C)ccc2OC)cc1. The van der Waals surface area contributed by atoms with Gasteiger partial charge in [0, 0.05) is 28.2 Å². The van der Waals surface area contributed by atoms with Crippen LogP contribution in [0.4, 0.5) is 0 Å². The minimum absolute atomic E-state index is 0.222. The Bertz CT molecular complexity index is 632. The molecule has 0 unspecified atom stereocenters. The zero-order valence-corrected chi connectivity index (χ0v) is 14.2. The largest absolute Gasteiger partial charge is 0.496 e. The maximum Gasteiger partial charge on any atom is 0.162 e. The van der Waals surface area contributed by atoms with E-state index in [9.17, 15) is 4.79 Å². The van der Waals surface area contributed by atoms with Crippen molar-refractivity contribution in [1.29, 1.82) is 0 Å². The third kappa shape index (κ3) is 4.38. The van der Waals surface area contributed by atoms with E-state index in [1.54, 1.807) is 18.9 Å². The molecule has 0 heterocycles. The average Bonchev–Trinajstić information content (AvgIpc) is 2.54. The number of thioether (sulfide) groups is 1. The summed E-state index contributed by atoms with van der Waals surface area (Å²) in [6.07, 6.45) is 1.51. The molecule has 0 aliphatic carbocycles. The quantitative estimate of drug-likeness (QED) is 0.514. The summed E-state index contributed by atoms with van der Waals surface area (Å²) in [7, 11) is 1.70. The van der Waals surface area contributed by atoms with Gasteiger partial charge in [0.05, 0.1) is 7.11 Å². The Kier molecular flexibility index (Phi) is 6.08. The molecule has 0 amide bonds. The van der Waals surface area contributed by atoms with Crippen molar-refractivity contribution in [3.05, 3.63) is 59.2 Å². The van der Waals surface area contributed by atoms with Gasteiger partial charge in [0.25, 0.3) is 0 Å². The highest BCUT2D eigenvalue weighted by atomic mass is 32.2. The molecule has 0 aliphatic rings. The molecule has 3 heteroatoms. The minimum atomic E-state index is 0.222. The molecule has 22 heavy (non-hydrogen) atoms. The smallest absolute Gasteiger partial charge is 0.162 e. The molecule has 2 aromatic carbocycles. The molecule has 0 aromatic heterocycles. The standard InChI is InChI=1S/C19H22O2S/c1-4-5-18(20)15-7-9-17(10-8-15)22-13-16-12-14(2)6-11-19(16)21-3/h6-12H,4-5,13H2,1-3H3. The normalized spacial score (nSPS) is 10.5. The lowest BCUT2D eigenvalue weighted by molar-refractivity contribution is 0.0981. The Morgan fingerprint density at radius 2 is 1.86 bits per heavy atom. The van der Waals surface area contributed by atoms with E-state index in [1.165, 1.54) is 11.1 Å². The Morgan fingerprint density at radius 1 is 1.14 bits per heavy atom. The number of hydrogen-bond donors (Lipinski definition) is 0. The molecule has 116 valence electrons. The molecule has 0 saturated heterocycles. The molecule has 0 bridgehead atoms. The summed E-state index contributed by atoms with van der Waals surface area (Å²) in [6, 6.07) is 14.1. The Morgan fingerprint density at radius 3 is 2.50 bits per heavy atom. The van der Waals surface area contributed by atoms with E-state index in [4.69, 9.17) is 4.74 Å². The number of ether oxygens (including phenoxy) is 1. The number of hydrogen-bond acceptors (Lipinski definition) is 3. The monoisotopic (exact) mass is 314 g/mol. The summed E-state index contributed by atoms with van der Waals surface area (Å²) in [5.74, 6) is 2.00. The summed E-state index contributed by atoms with van der Waals surface area (Å²) in [5.41, 5.74) is 3.23. The van der Waals surface area contributed by atoms with E-state index >= 15 is 0 Å². The van der Waals surface area contributed by atoms with Crippen LogP contribution in [0.15, 0.2) is 47.4 Å². The second-order valence-electron chi connectivity index (χ2n) is 5.30. The van der Waals surface area contributed by atoms with Crippen molar-refractivity contribution in [1.82, 2.24) is 0 Å². The molecular formula is C19H22O2S. The molecule has 2 rings (SSSR count). The van der Waals surface area contributed by atoms with Crippen LogP contribution in [0.1, 0.15) is 41.3 Å². The first-order valence-corrected chi connectivity index (χ1v) is 8.52. The molecule has 0 N–H and O–H groups in total. The summed E-state index contributed by atoms with van der Waals surface area (Å²) in [5, 5.41) is 0. The highest BCUT2D eigenvalue weighted by molar-refractivity contribution is 7.98. The van der Waals surface area contributed by atoms with Crippen molar-refractivity contribution in [2.45, 2.75) is 37.3 Å². The third-order valence-corrected chi connectivity index (χ3v) is 4.54. The zero-order valence-electron chi connectivity index (χ0n) is 13.4. The molecule has 0 atom stereocenters. The zero-order chi connectivity index (χ0) is 15.9. The molecule has 0 aliphatic heterocycles. The van der Waals surface area contributed by atoms with Gasteiger partial charge in [0.15, 0.2) is 5.78 Å². The van der Waals surface area contributed by atoms with Gasteiger partial charge in [-0.15, -0.1) is 11.8 Å². The summed E-state index contributed by atoms with van der Waals surface area (Å²) in [6.45, 7) is 4.11. The van der Waals surface area contributed by atoms with Crippen LogP contribution in [0.3, 0.4) is 0 Å². The van der Waals surface area contributed by atoms with Gasteiger partial charge in [-0.2, -0.15) is 0 Å². The van der Waals surface area contributed by atoms with Gasteiger partial charge in [0.1, 0.15) is 5.75 Å². The maximum atomic E-state index is 11.8. The molecule has 0 radical (unpaired) electrons. The first-order chi connectivity index (χ1) is 10.6. The molecule has 0 saturated carbocycles. The lowest BCUT2D eigenvalue weighted by atomic mass is 10.1. The molecule has 2 nitrogen and oxygen atoms in total. The Balaban J connectivity index is 2.03. The maximum absolute atomic E-state index is 11.8. The van der Waals surface area contributed by atoms with Gasteiger partial charge < -0.3 is 4.74 Å². The van der Waals surface area contributed by atoms with Gasteiger partial charge in [-0.1, -0.05) is 36.8 Å². The van der Waals surface area contributed by atoms with Crippen LogP contribution in [0, 0.1) is 6.92 Å². The molecule has 0 fully saturated rings. The van der Waals surface area contributed by atoms with Crippen molar-refractivity contribution in [3.63, 3.8) is 0 Å². The van der Waals surface area contributed by atoms with E-state index in [1.807, 2.05) is 37.3 Å². The lowest BCUT2D eigenvalue weighted by Gasteiger charge is -2.09. The van der Waals surface area contributed by atoms with Crippen LogP contribution in [-0.4, -0.2) is 12.9 Å². The van der Waals surface area contributed by atoms with Crippen LogP contribution in [0.5, 0.6) is 5.75 Å². The summed E-state index contributed by atoms with van der Waals surface area (Å²) < 4.78 is 5.41. The van der Waals surface area contributed by atoms with Crippen molar-refractivity contribution in [2.24, 2.45) is 0 Å². The Hall–Kier alpha value is -1.74. The van der Waals surface area contributed by atoms with Gasteiger partial charge in [-0.25, -0.2) is 0 Å². The van der Waals surface area contributed by atoms with E-state index in [0.29, 0.717) is 6.42 Å². The average molecular weight is 314 g/mol. The number of Topliss-reactive ketones (excluding diaryl/α,β-unsaturated/α-hetero) is 1. The van der Waals surface area contributed by atoms with Gasteiger partial charge in [-0.3, -0.25) is 4.79 Å². The third-order valence-electron chi connectivity index (χ3n) is 3.48. The number of carbonyl (C=O) groups is 1. The van der Waals surface area contributed by atoms with Crippen molar-refractivity contribution in [2.75, 3.05) is 7.11 Å². The predicted molar refractivity (Wildman–Crippen MR) is 93.0 cm³/mol. The van der Waals surface area contributed by atoms with Gasteiger partial charge in [0.2, 0.25) is 0 Å². The highest BCUT2D eigenvalue weighted by Crippen LogP contribution is 2.29. The fourth-order valence-electron chi connectivity index (χ4n) is 2.29. The number of ketones is 1. The fourth-order valence-corrected chi connectivity index (χ4v) is 3.17. The fraction of sp³-hybridized carbons (Fsp3) is 0.316. The van der Waals surface area contributed by atoms with E-state index in [0.717, 1.165) is 28.4 Å². The van der Waals surface area contributed by atoms with Gasteiger partial charge in [-0.05, 0) is 31.5 Å². The van der Waals surface area contributed by atoms with Crippen molar-refractivity contribution in [3.8, 4) is 5.75 Å². The van der Waals surface area contributed by atoms with E-state index in [2.05, 4.69) is 19.1 Å². The lowest BCUT2D eigenvalue weighted by Crippen LogP contribution is -1.97. The molecule has 0 spiro atoms. The van der Waals surface area contributed by atoms with Crippen molar-refractivity contribution < 1.29 is 9.53 Å². The summed E-state index contributed by atoms with van der Waals surface area (Å²) in [4.78, 5) is 13.0. The Labute approximate surface area is 136 Å². The number of aryl methyl sites for hydroxylation is 1. The minimum Gasteiger partial charge on any atom is -0.496 e. The van der Waals surface area contributed by atoms with Crippen LogP contribution >= 0.6 is 11.8 Å². The van der Waals surface area contributed by atoms with Gasteiger partial charge >= 0.3 is 0 Å². The van der Waals surface area contributed by atoms with Crippen LogP contribution in [-0.2, 0) is 5.75 Å². The molecular weight excluding hydrogens is 292 g/mol. The number of carbonyl (C=O) groups excluding carboxylic acids is 1. The van der Waals surface area contributed by atoms with Crippen LogP contribution in [0.25, 0.3) is 0 Å². The summed E-state index contributed by atoms with van der Waals surface area (Å²) >= 11 is 1.75. The first-order valence-electron chi connectivity index (χ1n) is 7.53. The van der Waals surface area contributed by atoms with Crippen LogP contribution in [0.2, 0.25) is 0 Å². The predicted octanol–water partition coefficient (Wildman–Crippen LogP) is 5.28. The molecule has 2 aromatic rings. The topological polar surface area (TPSA) is 26.3 Å². The second kappa shape index (κ2) is 8.04. The van der Waals surface area contributed by atoms with Crippen LogP contribution < -0.4 is 4.74 Å². The first kappa shape index (κ1) is 16.6. The number of methoxy groups -OCH3 is 1. The van der Waals surface area contributed by atoms with E-state index < -0.39 is 0 Å². The second-order valence-corrected chi connectivity index (χ2v) is 6.35. The highest BCUT2D eigenvalue weighted by Gasteiger charge is 2.06. The van der Waals surface area contributed by atoms with Crippen molar-refractivity contribution >= 4 is 17.5 Å². The number of rotatable bonds is 7.